The summed E-state index contributed by atoms with van der Waals surface area (Å²) in [5.74, 6) is -0.426. The zero-order chi connectivity index (χ0) is 13.9. The average Bonchev–Trinajstić information content (AvgIpc) is 3.18. The van der Waals surface area contributed by atoms with Crippen LogP contribution in [0.5, 0.6) is 0 Å². The van der Waals surface area contributed by atoms with Gasteiger partial charge in [0, 0.05) is 19.1 Å². The molecule has 1 saturated carbocycles. The molecular weight excluding hydrogens is 253 g/mol. The van der Waals surface area contributed by atoms with Crippen LogP contribution in [0, 0.1) is 11.8 Å². The fraction of sp³-hybridized carbons (Fsp3) is 1.00. The molecule has 2 nitrogen and oxygen atoms in total. The van der Waals surface area contributed by atoms with E-state index in [1.54, 1.807) is 0 Å². The van der Waals surface area contributed by atoms with E-state index in [0.717, 1.165) is 26.1 Å². The largest absolute Gasteiger partial charge is 0.393 e. The zero-order valence-electron chi connectivity index (χ0n) is 11.7. The van der Waals surface area contributed by atoms with Gasteiger partial charge in [-0.2, -0.15) is 13.2 Å². The highest BCUT2D eigenvalue weighted by Gasteiger charge is 2.42. The van der Waals surface area contributed by atoms with Crippen molar-refractivity contribution in [3.63, 3.8) is 0 Å². The van der Waals surface area contributed by atoms with Gasteiger partial charge in [0.25, 0.3) is 0 Å². The summed E-state index contributed by atoms with van der Waals surface area (Å²) in [6.07, 6.45) is 0.501. The van der Waals surface area contributed by atoms with Gasteiger partial charge in [0.1, 0.15) is 0 Å². The molecule has 1 aliphatic carbocycles. The Balaban J connectivity index is 1.82. The Morgan fingerprint density at radius 2 is 2.00 bits per heavy atom. The summed E-state index contributed by atoms with van der Waals surface area (Å²) < 4.78 is 38.4. The Morgan fingerprint density at radius 1 is 1.26 bits per heavy atom. The first-order valence-electron chi connectivity index (χ1n) is 7.53. The molecule has 0 radical (unpaired) electrons. The third-order valence-electron chi connectivity index (χ3n) is 4.27. The Morgan fingerprint density at radius 3 is 2.58 bits per heavy atom. The lowest BCUT2D eigenvalue weighted by Crippen LogP contribution is -2.48. The SMILES string of the molecule is CCCNC(CN1CCCC(C(F)(F)F)C1)C1CC1. The summed E-state index contributed by atoms with van der Waals surface area (Å²) in [5, 5.41) is 3.51. The van der Waals surface area contributed by atoms with Crippen molar-refractivity contribution >= 4 is 0 Å². The van der Waals surface area contributed by atoms with Crippen molar-refractivity contribution in [3.8, 4) is 0 Å². The predicted octanol–water partition coefficient (Wildman–Crippen LogP) is 3.04. The van der Waals surface area contributed by atoms with Crippen LogP contribution in [0.2, 0.25) is 0 Å². The minimum absolute atomic E-state index is 0.195. The summed E-state index contributed by atoms with van der Waals surface area (Å²) in [5.41, 5.74) is 0. The van der Waals surface area contributed by atoms with Crippen molar-refractivity contribution in [2.75, 3.05) is 26.2 Å². The zero-order valence-corrected chi connectivity index (χ0v) is 11.7. The Kier molecular flexibility index (Phi) is 5.12. The van der Waals surface area contributed by atoms with Crippen LogP contribution in [0.1, 0.15) is 39.0 Å². The minimum Gasteiger partial charge on any atom is -0.312 e. The molecule has 0 spiro atoms. The van der Waals surface area contributed by atoms with Crippen molar-refractivity contribution in [2.45, 2.75) is 51.2 Å². The number of hydrogen-bond acceptors (Lipinski definition) is 2. The lowest BCUT2D eigenvalue weighted by molar-refractivity contribution is -0.186. The number of rotatable bonds is 6. The van der Waals surface area contributed by atoms with E-state index in [1.165, 1.54) is 12.8 Å². The van der Waals surface area contributed by atoms with Crippen molar-refractivity contribution < 1.29 is 13.2 Å². The molecular formula is C14H25F3N2. The van der Waals surface area contributed by atoms with Crippen molar-refractivity contribution in [3.05, 3.63) is 0 Å². The Labute approximate surface area is 113 Å². The van der Waals surface area contributed by atoms with Crippen LogP contribution >= 0.6 is 0 Å². The maximum Gasteiger partial charge on any atom is 0.393 e. The highest BCUT2D eigenvalue weighted by molar-refractivity contribution is 4.90. The molecule has 2 rings (SSSR count). The van der Waals surface area contributed by atoms with E-state index >= 15 is 0 Å². The molecule has 2 atom stereocenters. The quantitative estimate of drug-likeness (QED) is 0.803. The van der Waals surface area contributed by atoms with Crippen LogP contribution in [-0.2, 0) is 0 Å². The van der Waals surface area contributed by atoms with Crippen LogP contribution in [0.3, 0.4) is 0 Å². The first-order chi connectivity index (χ1) is 9.00. The third-order valence-corrected chi connectivity index (χ3v) is 4.27. The molecule has 2 aliphatic rings. The monoisotopic (exact) mass is 278 g/mol. The smallest absolute Gasteiger partial charge is 0.312 e. The second kappa shape index (κ2) is 6.44. The van der Waals surface area contributed by atoms with Crippen LogP contribution in [0.15, 0.2) is 0 Å². The molecule has 1 aliphatic heterocycles. The molecule has 0 aromatic carbocycles. The number of alkyl halides is 3. The van der Waals surface area contributed by atoms with Gasteiger partial charge in [-0.1, -0.05) is 6.92 Å². The van der Waals surface area contributed by atoms with Gasteiger partial charge in [-0.05, 0) is 51.1 Å². The van der Waals surface area contributed by atoms with Gasteiger partial charge in [0.15, 0.2) is 0 Å². The second-order valence-corrected chi connectivity index (χ2v) is 6.04. The van der Waals surface area contributed by atoms with Crippen molar-refractivity contribution in [1.82, 2.24) is 10.2 Å². The third kappa shape index (κ3) is 4.63. The molecule has 2 fully saturated rings. The average molecular weight is 278 g/mol. The number of hydrogen-bond donors (Lipinski definition) is 1. The maximum absolute atomic E-state index is 12.8. The lowest BCUT2D eigenvalue weighted by atomic mass is 9.96. The van der Waals surface area contributed by atoms with E-state index in [4.69, 9.17) is 0 Å². The second-order valence-electron chi connectivity index (χ2n) is 6.04. The van der Waals surface area contributed by atoms with E-state index in [2.05, 4.69) is 12.2 Å². The van der Waals surface area contributed by atoms with E-state index in [9.17, 15) is 13.2 Å². The molecule has 1 saturated heterocycles. The Bertz CT molecular complexity index is 276. The summed E-state index contributed by atoms with van der Waals surface area (Å²) >= 11 is 0. The molecule has 0 amide bonds. The molecule has 0 aromatic heterocycles. The van der Waals surface area contributed by atoms with Crippen molar-refractivity contribution in [2.24, 2.45) is 11.8 Å². The molecule has 2 unspecified atom stereocenters. The number of nitrogens with one attached hydrogen (secondary N) is 1. The van der Waals surface area contributed by atoms with E-state index in [-0.39, 0.29) is 6.54 Å². The standard InChI is InChI=1S/C14H25F3N2/c1-2-7-18-13(11-5-6-11)10-19-8-3-4-12(9-19)14(15,16)17/h11-13,18H,2-10H2,1H3. The van der Waals surface area contributed by atoms with Crippen molar-refractivity contribution in [1.29, 1.82) is 0 Å². The molecule has 112 valence electrons. The molecule has 5 heteroatoms. The number of piperidine rings is 1. The van der Waals surface area contributed by atoms with Gasteiger partial charge in [-0.15, -0.1) is 0 Å². The van der Waals surface area contributed by atoms with Gasteiger partial charge in [-0.25, -0.2) is 0 Å². The van der Waals surface area contributed by atoms with E-state index in [1.807, 2.05) is 4.90 Å². The highest BCUT2D eigenvalue weighted by atomic mass is 19.4. The van der Waals surface area contributed by atoms with Crippen LogP contribution in [-0.4, -0.2) is 43.3 Å². The van der Waals surface area contributed by atoms with Gasteiger partial charge in [0.2, 0.25) is 0 Å². The maximum atomic E-state index is 12.8. The summed E-state index contributed by atoms with van der Waals surface area (Å²) in [4.78, 5) is 2.02. The molecule has 1 N–H and O–H groups in total. The first kappa shape index (κ1) is 15.1. The predicted molar refractivity (Wildman–Crippen MR) is 70.0 cm³/mol. The van der Waals surface area contributed by atoms with Gasteiger partial charge >= 0.3 is 6.18 Å². The summed E-state index contributed by atoms with van der Waals surface area (Å²) in [6.45, 7) is 4.90. The summed E-state index contributed by atoms with van der Waals surface area (Å²) in [6, 6.07) is 0.395. The van der Waals surface area contributed by atoms with E-state index in [0.29, 0.717) is 24.8 Å². The summed E-state index contributed by atoms with van der Waals surface area (Å²) in [7, 11) is 0. The van der Waals surface area contributed by atoms with Gasteiger partial charge < -0.3 is 10.2 Å². The number of nitrogens with zero attached hydrogens (tertiary/aromatic N) is 1. The fourth-order valence-corrected chi connectivity index (χ4v) is 2.98. The minimum atomic E-state index is -4.02. The lowest BCUT2D eigenvalue weighted by Gasteiger charge is -2.36. The molecule has 19 heavy (non-hydrogen) atoms. The number of likely N-dealkylation sites (tertiary alicyclic amines) is 1. The number of halogens is 3. The van der Waals surface area contributed by atoms with Crippen LogP contribution in [0.25, 0.3) is 0 Å². The van der Waals surface area contributed by atoms with Gasteiger partial charge in [-0.3, -0.25) is 0 Å². The van der Waals surface area contributed by atoms with Crippen LogP contribution < -0.4 is 5.32 Å². The van der Waals surface area contributed by atoms with Crippen LogP contribution in [0.4, 0.5) is 13.2 Å². The fourth-order valence-electron chi connectivity index (χ4n) is 2.98. The van der Waals surface area contributed by atoms with E-state index < -0.39 is 12.1 Å². The Hall–Kier alpha value is -0.290. The highest BCUT2D eigenvalue weighted by Crippen LogP contribution is 2.36. The normalized spacial score (nSPS) is 27.5. The molecule has 0 aromatic rings. The molecule has 1 heterocycles. The topological polar surface area (TPSA) is 15.3 Å². The first-order valence-corrected chi connectivity index (χ1v) is 7.53. The molecule has 0 bridgehead atoms. The van der Waals surface area contributed by atoms with Gasteiger partial charge in [0.05, 0.1) is 5.92 Å².